The largest absolute Gasteiger partial charge is 0.489 e. The van der Waals surface area contributed by atoms with Gasteiger partial charge in [0.05, 0.1) is 42.6 Å². The van der Waals surface area contributed by atoms with Crippen LogP contribution in [0.1, 0.15) is 18.4 Å². The molecule has 28 heavy (non-hydrogen) atoms. The minimum absolute atomic E-state index is 0.0817. The van der Waals surface area contributed by atoms with Crippen molar-refractivity contribution >= 4 is 11.6 Å². The molecule has 1 aliphatic rings. The number of hydrogen-bond acceptors (Lipinski definition) is 7. The third-order valence-electron chi connectivity index (χ3n) is 4.39. The van der Waals surface area contributed by atoms with Crippen molar-refractivity contribution in [3.05, 3.63) is 60.6 Å². The molecule has 139 valence electrons. The SMILES string of the molecule is N#Cc1cc(-c2ccnc(Nc3cc[c]nc3)n2)ccc1OC1CCOCC1. The molecule has 0 amide bonds. The van der Waals surface area contributed by atoms with Crippen LogP contribution in [0.2, 0.25) is 0 Å². The Morgan fingerprint density at radius 1 is 1.21 bits per heavy atom. The summed E-state index contributed by atoms with van der Waals surface area (Å²) in [6.45, 7) is 1.38. The molecule has 1 saturated heterocycles. The fraction of sp³-hybridized carbons (Fsp3) is 0.238. The summed E-state index contributed by atoms with van der Waals surface area (Å²) < 4.78 is 11.4. The van der Waals surface area contributed by atoms with Crippen molar-refractivity contribution < 1.29 is 9.47 Å². The van der Waals surface area contributed by atoms with E-state index in [1.807, 2.05) is 18.2 Å². The molecule has 1 aromatic carbocycles. The van der Waals surface area contributed by atoms with Gasteiger partial charge in [0.15, 0.2) is 0 Å². The molecule has 0 saturated carbocycles. The Hall–Kier alpha value is -3.50. The van der Waals surface area contributed by atoms with Crippen LogP contribution in [0, 0.1) is 17.5 Å². The topological polar surface area (TPSA) is 93.0 Å². The molecule has 1 aliphatic heterocycles. The molecule has 0 atom stereocenters. The molecule has 1 N–H and O–H groups in total. The first-order chi connectivity index (χ1) is 13.8. The van der Waals surface area contributed by atoms with Crippen LogP contribution in [-0.4, -0.2) is 34.3 Å². The standard InChI is InChI=1S/C21H18N5O2/c22-13-16-12-15(3-4-20(16)28-18-6-10-27-11-7-18)19-5-9-24-21(26-19)25-17-2-1-8-23-14-17/h1-5,9,12,14,18H,6-7,10-11H2,(H,24,25,26). The smallest absolute Gasteiger partial charge is 0.227 e. The Morgan fingerprint density at radius 3 is 2.89 bits per heavy atom. The first kappa shape index (κ1) is 17.9. The zero-order valence-corrected chi connectivity index (χ0v) is 15.1. The Kier molecular flexibility index (Phi) is 5.41. The van der Waals surface area contributed by atoms with E-state index >= 15 is 0 Å². The summed E-state index contributed by atoms with van der Waals surface area (Å²) in [5.74, 6) is 1.05. The summed E-state index contributed by atoms with van der Waals surface area (Å²) in [6.07, 6.45) is 7.79. The molecule has 0 unspecified atom stereocenters. The van der Waals surface area contributed by atoms with E-state index in [4.69, 9.17) is 9.47 Å². The third-order valence-corrected chi connectivity index (χ3v) is 4.39. The molecule has 4 rings (SSSR count). The molecule has 1 radical (unpaired) electrons. The van der Waals surface area contributed by atoms with Crippen molar-refractivity contribution in [3.63, 3.8) is 0 Å². The molecule has 3 aromatic rings. The van der Waals surface area contributed by atoms with E-state index in [-0.39, 0.29) is 6.10 Å². The van der Waals surface area contributed by atoms with E-state index in [1.54, 1.807) is 30.6 Å². The Morgan fingerprint density at radius 2 is 2.11 bits per heavy atom. The van der Waals surface area contributed by atoms with Crippen LogP contribution in [0.5, 0.6) is 5.75 Å². The lowest BCUT2D eigenvalue weighted by molar-refractivity contribution is 0.0254. The van der Waals surface area contributed by atoms with Gasteiger partial charge < -0.3 is 14.8 Å². The van der Waals surface area contributed by atoms with Crippen LogP contribution in [0.15, 0.2) is 48.8 Å². The monoisotopic (exact) mass is 372 g/mol. The average molecular weight is 372 g/mol. The number of anilines is 2. The Balaban J connectivity index is 1.55. The van der Waals surface area contributed by atoms with Gasteiger partial charge in [-0.2, -0.15) is 5.26 Å². The van der Waals surface area contributed by atoms with Crippen LogP contribution in [-0.2, 0) is 4.74 Å². The number of nitrogens with zero attached hydrogens (tertiary/aromatic N) is 4. The number of ether oxygens (including phenoxy) is 2. The average Bonchev–Trinajstić information content (AvgIpc) is 2.76. The quantitative estimate of drug-likeness (QED) is 0.732. The molecule has 0 spiro atoms. The van der Waals surface area contributed by atoms with Crippen molar-refractivity contribution in [3.8, 4) is 23.1 Å². The molecular formula is C21H18N5O2. The van der Waals surface area contributed by atoms with Gasteiger partial charge in [-0.25, -0.2) is 9.97 Å². The van der Waals surface area contributed by atoms with Gasteiger partial charge >= 0.3 is 0 Å². The van der Waals surface area contributed by atoms with Gasteiger partial charge in [0.1, 0.15) is 17.9 Å². The van der Waals surface area contributed by atoms with Crippen LogP contribution >= 0.6 is 0 Å². The molecule has 3 heterocycles. The Bertz CT molecular complexity index is 982. The van der Waals surface area contributed by atoms with Crippen molar-refractivity contribution in [1.29, 1.82) is 5.26 Å². The lowest BCUT2D eigenvalue weighted by Gasteiger charge is -2.23. The van der Waals surface area contributed by atoms with Gasteiger partial charge in [-0.1, -0.05) is 0 Å². The van der Waals surface area contributed by atoms with Crippen LogP contribution < -0.4 is 10.1 Å². The molecule has 0 aliphatic carbocycles. The van der Waals surface area contributed by atoms with Crippen LogP contribution in [0.3, 0.4) is 0 Å². The number of nitrogens with one attached hydrogen (secondary N) is 1. The molecule has 2 aromatic heterocycles. The summed E-state index contributed by atoms with van der Waals surface area (Å²) >= 11 is 0. The minimum atomic E-state index is 0.0817. The van der Waals surface area contributed by atoms with Crippen LogP contribution in [0.4, 0.5) is 11.6 Å². The molecular weight excluding hydrogens is 354 g/mol. The predicted octanol–water partition coefficient (Wildman–Crippen LogP) is 3.51. The molecule has 1 fully saturated rings. The lowest BCUT2D eigenvalue weighted by Crippen LogP contribution is -2.26. The summed E-state index contributed by atoms with van der Waals surface area (Å²) in [4.78, 5) is 12.7. The molecule has 0 bridgehead atoms. The summed E-state index contributed by atoms with van der Waals surface area (Å²) in [5, 5.41) is 12.7. The highest BCUT2D eigenvalue weighted by Gasteiger charge is 2.17. The van der Waals surface area contributed by atoms with E-state index in [9.17, 15) is 5.26 Å². The van der Waals surface area contributed by atoms with Gasteiger partial charge in [0.25, 0.3) is 0 Å². The van der Waals surface area contributed by atoms with E-state index in [0.717, 1.165) is 24.1 Å². The minimum Gasteiger partial charge on any atom is -0.489 e. The lowest BCUT2D eigenvalue weighted by atomic mass is 10.1. The maximum atomic E-state index is 9.56. The fourth-order valence-electron chi connectivity index (χ4n) is 2.96. The number of benzene rings is 1. The van der Waals surface area contributed by atoms with E-state index in [1.165, 1.54) is 0 Å². The van der Waals surface area contributed by atoms with Crippen molar-refractivity contribution in [2.45, 2.75) is 18.9 Å². The number of aromatic nitrogens is 3. The zero-order valence-electron chi connectivity index (χ0n) is 15.1. The second kappa shape index (κ2) is 8.46. The fourth-order valence-corrected chi connectivity index (χ4v) is 2.96. The number of hydrogen-bond donors (Lipinski definition) is 1. The Labute approximate surface area is 163 Å². The van der Waals surface area contributed by atoms with E-state index in [2.05, 4.69) is 32.5 Å². The van der Waals surface area contributed by atoms with Crippen molar-refractivity contribution in [1.82, 2.24) is 15.0 Å². The number of pyridine rings is 1. The summed E-state index contributed by atoms with van der Waals surface area (Å²) in [7, 11) is 0. The summed E-state index contributed by atoms with van der Waals surface area (Å²) in [5.41, 5.74) is 2.79. The highest BCUT2D eigenvalue weighted by molar-refractivity contribution is 5.65. The zero-order chi connectivity index (χ0) is 19.2. The second-order valence-electron chi connectivity index (χ2n) is 6.32. The number of nitriles is 1. The predicted molar refractivity (Wildman–Crippen MR) is 103 cm³/mol. The van der Waals surface area contributed by atoms with Gasteiger partial charge in [-0.3, -0.25) is 4.98 Å². The highest BCUT2D eigenvalue weighted by atomic mass is 16.5. The number of rotatable bonds is 5. The van der Waals surface area contributed by atoms with Crippen molar-refractivity contribution in [2.24, 2.45) is 0 Å². The molecule has 7 nitrogen and oxygen atoms in total. The summed E-state index contributed by atoms with van der Waals surface area (Å²) in [6, 6.07) is 13.1. The van der Waals surface area contributed by atoms with Gasteiger partial charge in [0, 0.05) is 24.6 Å². The van der Waals surface area contributed by atoms with Crippen LogP contribution in [0.25, 0.3) is 11.3 Å². The van der Waals surface area contributed by atoms with Crippen molar-refractivity contribution in [2.75, 3.05) is 18.5 Å². The maximum absolute atomic E-state index is 9.56. The first-order valence-corrected chi connectivity index (χ1v) is 9.03. The first-order valence-electron chi connectivity index (χ1n) is 9.03. The van der Waals surface area contributed by atoms with Gasteiger partial charge in [-0.15, -0.1) is 0 Å². The van der Waals surface area contributed by atoms with Gasteiger partial charge in [-0.05, 0) is 36.4 Å². The third kappa shape index (κ3) is 4.24. The van der Waals surface area contributed by atoms with E-state index in [0.29, 0.717) is 36.2 Å². The van der Waals surface area contributed by atoms with E-state index < -0.39 is 0 Å². The molecule has 7 heteroatoms. The highest BCUT2D eigenvalue weighted by Crippen LogP contribution is 2.28. The van der Waals surface area contributed by atoms with Gasteiger partial charge in [0.2, 0.25) is 5.95 Å². The second-order valence-corrected chi connectivity index (χ2v) is 6.32. The maximum Gasteiger partial charge on any atom is 0.227 e. The normalized spacial score (nSPS) is 14.2.